The van der Waals surface area contributed by atoms with Gasteiger partial charge in [-0.3, -0.25) is 4.79 Å². The molecule has 1 aromatic rings. The fourth-order valence-electron chi connectivity index (χ4n) is 2.46. The normalized spacial score (nSPS) is 19.1. The number of hydrogen-bond donors (Lipinski definition) is 2. The summed E-state index contributed by atoms with van der Waals surface area (Å²) in [5.74, 6) is 0.484. The second-order valence-electron chi connectivity index (χ2n) is 4.61. The van der Waals surface area contributed by atoms with E-state index in [1.807, 2.05) is 13.0 Å². The molecule has 0 saturated carbocycles. The minimum absolute atomic E-state index is 0.0738. The number of amidine groups is 1. The van der Waals surface area contributed by atoms with Crippen molar-refractivity contribution in [2.75, 3.05) is 13.2 Å². The van der Waals surface area contributed by atoms with Gasteiger partial charge in [0.25, 0.3) is 5.91 Å². The van der Waals surface area contributed by atoms with Gasteiger partial charge in [0.05, 0.1) is 18.2 Å². The predicted octanol–water partition coefficient (Wildman–Crippen LogP) is 1.44. The lowest BCUT2D eigenvalue weighted by atomic mass is 10.1. The van der Waals surface area contributed by atoms with E-state index in [0.29, 0.717) is 30.9 Å². The summed E-state index contributed by atoms with van der Waals surface area (Å²) in [6.07, 6.45) is 1.54. The van der Waals surface area contributed by atoms with Crippen molar-refractivity contribution < 1.29 is 14.7 Å². The summed E-state index contributed by atoms with van der Waals surface area (Å²) in [5, 5.41) is 11.8. The summed E-state index contributed by atoms with van der Waals surface area (Å²) in [6.45, 7) is 2.96. The number of oxime groups is 1. The summed E-state index contributed by atoms with van der Waals surface area (Å²) in [6, 6.07) is 6.78. The molecule has 1 aliphatic rings. The van der Waals surface area contributed by atoms with Crippen molar-refractivity contribution in [3.05, 3.63) is 29.8 Å². The number of carbonyl (C=O) groups excluding carboxylic acids is 1. The van der Waals surface area contributed by atoms with E-state index in [4.69, 9.17) is 15.7 Å². The maximum Gasteiger partial charge on any atom is 0.258 e. The van der Waals surface area contributed by atoms with Crippen LogP contribution in [0.15, 0.2) is 29.4 Å². The van der Waals surface area contributed by atoms with Gasteiger partial charge < -0.3 is 20.6 Å². The van der Waals surface area contributed by atoms with Gasteiger partial charge in [0.15, 0.2) is 5.84 Å². The molecule has 1 amide bonds. The Kier molecular flexibility index (Phi) is 4.45. The minimum Gasteiger partial charge on any atom is -0.493 e. The van der Waals surface area contributed by atoms with Gasteiger partial charge in [0.2, 0.25) is 0 Å². The van der Waals surface area contributed by atoms with Gasteiger partial charge in [-0.1, -0.05) is 17.3 Å². The molecular formula is C14H19N3O3. The van der Waals surface area contributed by atoms with Gasteiger partial charge in [-0.25, -0.2) is 0 Å². The van der Waals surface area contributed by atoms with Gasteiger partial charge in [0, 0.05) is 6.54 Å². The Morgan fingerprint density at radius 1 is 1.55 bits per heavy atom. The molecule has 6 nitrogen and oxygen atoms in total. The van der Waals surface area contributed by atoms with E-state index in [9.17, 15) is 4.79 Å². The highest BCUT2D eigenvalue weighted by Crippen LogP contribution is 2.25. The van der Waals surface area contributed by atoms with Crippen LogP contribution in [-0.4, -0.2) is 41.0 Å². The van der Waals surface area contributed by atoms with Crippen molar-refractivity contribution >= 4 is 11.7 Å². The quantitative estimate of drug-likeness (QED) is 0.377. The van der Waals surface area contributed by atoms with Crippen molar-refractivity contribution in [1.29, 1.82) is 0 Å². The van der Waals surface area contributed by atoms with Crippen LogP contribution in [-0.2, 0) is 0 Å². The molecular weight excluding hydrogens is 258 g/mol. The van der Waals surface area contributed by atoms with E-state index >= 15 is 0 Å². The van der Waals surface area contributed by atoms with Gasteiger partial charge in [-0.15, -0.1) is 0 Å². The lowest BCUT2D eigenvalue weighted by Gasteiger charge is -2.24. The third kappa shape index (κ3) is 2.68. The summed E-state index contributed by atoms with van der Waals surface area (Å²) in [4.78, 5) is 14.3. The first-order valence-electron chi connectivity index (χ1n) is 6.69. The molecule has 20 heavy (non-hydrogen) atoms. The highest BCUT2D eigenvalue weighted by atomic mass is 16.5. The lowest BCUT2D eigenvalue weighted by molar-refractivity contribution is 0.0763. The van der Waals surface area contributed by atoms with Crippen molar-refractivity contribution in [3.63, 3.8) is 0 Å². The number of likely N-dealkylation sites (tertiary alicyclic amines) is 1. The minimum atomic E-state index is -0.345. The van der Waals surface area contributed by atoms with Crippen LogP contribution in [0.5, 0.6) is 5.75 Å². The van der Waals surface area contributed by atoms with E-state index in [-0.39, 0.29) is 17.8 Å². The van der Waals surface area contributed by atoms with Crippen LogP contribution < -0.4 is 10.5 Å². The van der Waals surface area contributed by atoms with Crippen LogP contribution in [0.4, 0.5) is 0 Å². The molecule has 1 fully saturated rings. The van der Waals surface area contributed by atoms with Gasteiger partial charge >= 0.3 is 0 Å². The first kappa shape index (κ1) is 14.2. The molecule has 1 aliphatic heterocycles. The van der Waals surface area contributed by atoms with E-state index in [1.165, 1.54) is 0 Å². The van der Waals surface area contributed by atoms with Crippen LogP contribution >= 0.6 is 0 Å². The van der Waals surface area contributed by atoms with E-state index in [0.717, 1.165) is 6.42 Å². The molecule has 0 spiro atoms. The van der Waals surface area contributed by atoms with Crippen molar-refractivity contribution in [2.45, 2.75) is 25.8 Å². The molecule has 3 N–H and O–H groups in total. The smallest absolute Gasteiger partial charge is 0.258 e. The lowest BCUT2D eigenvalue weighted by Crippen LogP contribution is -2.44. The van der Waals surface area contributed by atoms with E-state index < -0.39 is 0 Å². The summed E-state index contributed by atoms with van der Waals surface area (Å²) in [5.41, 5.74) is 6.16. The van der Waals surface area contributed by atoms with Crippen molar-refractivity contribution in [1.82, 2.24) is 4.90 Å². The summed E-state index contributed by atoms with van der Waals surface area (Å²) < 4.78 is 5.48. The fraction of sp³-hybridized carbons (Fsp3) is 0.429. The van der Waals surface area contributed by atoms with Crippen LogP contribution in [0.25, 0.3) is 0 Å². The molecule has 1 atom stereocenters. The maximum absolute atomic E-state index is 12.6. The zero-order valence-corrected chi connectivity index (χ0v) is 11.5. The monoisotopic (exact) mass is 277 g/mol. The molecule has 108 valence electrons. The number of benzene rings is 1. The second kappa shape index (κ2) is 6.27. The SMILES string of the molecule is CCOc1ccccc1C(=O)N1CCCC1C(N)=NO. The van der Waals surface area contributed by atoms with Gasteiger partial charge in [-0.2, -0.15) is 0 Å². The van der Waals surface area contributed by atoms with Crippen LogP contribution in [0.2, 0.25) is 0 Å². The van der Waals surface area contributed by atoms with Crippen LogP contribution in [0.3, 0.4) is 0 Å². The molecule has 2 rings (SSSR count). The molecule has 1 saturated heterocycles. The first-order valence-corrected chi connectivity index (χ1v) is 6.69. The zero-order valence-electron chi connectivity index (χ0n) is 11.5. The number of para-hydroxylation sites is 1. The largest absolute Gasteiger partial charge is 0.493 e. The third-order valence-corrected chi connectivity index (χ3v) is 3.39. The molecule has 1 aromatic carbocycles. The fourth-order valence-corrected chi connectivity index (χ4v) is 2.46. The number of carbonyl (C=O) groups is 1. The van der Waals surface area contributed by atoms with E-state index in [1.54, 1.807) is 23.1 Å². The number of ether oxygens (including phenoxy) is 1. The topological polar surface area (TPSA) is 88.2 Å². The standard InChI is InChI=1S/C14H19N3O3/c1-2-20-12-8-4-3-6-10(12)14(18)17-9-5-7-11(17)13(15)16-19/h3-4,6,8,11,19H,2,5,7,9H2,1H3,(H2,15,16). The average Bonchev–Trinajstić information content (AvgIpc) is 2.96. The van der Waals surface area contributed by atoms with Gasteiger partial charge in [0.1, 0.15) is 5.75 Å². The average molecular weight is 277 g/mol. The molecule has 1 heterocycles. The number of nitrogens with two attached hydrogens (primary N) is 1. The Bertz CT molecular complexity index is 516. The zero-order chi connectivity index (χ0) is 14.5. The Morgan fingerprint density at radius 2 is 2.30 bits per heavy atom. The Hall–Kier alpha value is -2.24. The Morgan fingerprint density at radius 3 is 3.00 bits per heavy atom. The predicted molar refractivity (Wildman–Crippen MR) is 75.1 cm³/mol. The molecule has 0 aromatic heterocycles. The summed E-state index contributed by atoms with van der Waals surface area (Å²) in [7, 11) is 0. The summed E-state index contributed by atoms with van der Waals surface area (Å²) >= 11 is 0. The molecule has 0 aliphatic carbocycles. The number of nitrogens with zero attached hydrogens (tertiary/aromatic N) is 2. The van der Waals surface area contributed by atoms with Gasteiger partial charge in [-0.05, 0) is 31.9 Å². The van der Waals surface area contributed by atoms with Crippen molar-refractivity contribution in [3.8, 4) is 5.75 Å². The molecule has 0 radical (unpaired) electrons. The number of rotatable bonds is 4. The molecule has 0 bridgehead atoms. The Balaban J connectivity index is 2.27. The highest BCUT2D eigenvalue weighted by molar-refractivity contribution is 6.00. The Labute approximate surface area is 117 Å². The highest BCUT2D eigenvalue weighted by Gasteiger charge is 2.33. The molecule has 6 heteroatoms. The maximum atomic E-state index is 12.6. The molecule has 1 unspecified atom stereocenters. The van der Waals surface area contributed by atoms with Crippen LogP contribution in [0.1, 0.15) is 30.1 Å². The third-order valence-electron chi connectivity index (χ3n) is 3.39. The van der Waals surface area contributed by atoms with E-state index in [2.05, 4.69) is 5.16 Å². The second-order valence-corrected chi connectivity index (χ2v) is 4.61. The number of hydrogen-bond acceptors (Lipinski definition) is 4. The first-order chi connectivity index (χ1) is 9.69. The number of amides is 1. The van der Waals surface area contributed by atoms with Crippen LogP contribution in [0, 0.1) is 0 Å². The van der Waals surface area contributed by atoms with Crippen molar-refractivity contribution in [2.24, 2.45) is 10.9 Å².